The van der Waals surface area contributed by atoms with E-state index in [1.165, 1.54) is 0 Å². The number of carbonyl (C=O) groups excluding carboxylic acids is 2. The molecule has 2 saturated carbocycles. The maximum absolute atomic E-state index is 12.0. The molecule has 24 heavy (non-hydrogen) atoms. The fraction of sp³-hybridized carbons (Fsp3) is 0.556. The average molecular weight is 331 g/mol. The number of nitrogens with one attached hydrogen (secondary N) is 2. The number of benzene rings is 1. The molecule has 6 heteroatoms. The first-order valence-electron chi connectivity index (χ1n) is 8.69. The van der Waals surface area contributed by atoms with E-state index in [4.69, 9.17) is 10.5 Å². The van der Waals surface area contributed by atoms with Gasteiger partial charge >= 0.3 is 0 Å². The molecule has 0 aliphatic heterocycles. The minimum atomic E-state index is -0.122. The Hall–Kier alpha value is -2.08. The topological polar surface area (TPSA) is 93.4 Å². The van der Waals surface area contributed by atoms with Crippen LogP contribution >= 0.6 is 0 Å². The van der Waals surface area contributed by atoms with Gasteiger partial charge in [0.15, 0.2) is 6.61 Å². The predicted molar refractivity (Wildman–Crippen MR) is 91.7 cm³/mol. The lowest BCUT2D eigenvalue weighted by Crippen LogP contribution is -2.42. The van der Waals surface area contributed by atoms with E-state index >= 15 is 0 Å². The van der Waals surface area contributed by atoms with Crippen molar-refractivity contribution in [3.63, 3.8) is 0 Å². The van der Waals surface area contributed by atoms with E-state index < -0.39 is 0 Å². The SMILES string of the molecule is NC1CCC(NC(=O)COc2cccc(NC(=O)C3CC3)c2)CC1. The zero-order chi connectivity index (χ0) is 16.9. The Morgan fingerprint density at radius 1 is 1.12 bits per heavy atom. The molecule has 2 aliphatic carbocycles. The summed E-state index contributed by atoms with van der Waals surface area (Å²) >= 11 is 0. The van der Waals surface area contributed by atoms with Crippen molar-refractivity contribution in [2.45, 2.75) is 50.6 Å². The van der Waals surface area contributed by atoms with Crippen LogP contribution in [0.15, 0.2) is 24.3 Å². The molecule has 0 saturated heterocycles. The highest BCUT2D eigenvalue weighted by Gasteiger charge is 2.29. The van der Waals surface area contributed by atoms with Crippen LogP contribution in [0.1, 0.15) is 38.5 Å². The number of carbonyl (C=O) groups is 2. The third-order valence-electron chi connectivity index (χ3n) is 4.56. The molecule has 4 N–H and O–H groups in total. The third kappa shape index (κ3) is 4.96. The van der Waals surface area contributed by atoms with E-state index in [-0.39, 0.29) is 36.4 Å². The quantitative estimate of drug-likeness (QED) is 0.741. The molecule has 0 unspecified atom stereocenters. The highest BCUT2D eigenvalue weighted by atomic mass is 16.5. The number of rotatable bonds is 6. The molecule has 0 radical (unpaired) electrons. The van der Waals surface area contributed by atoms with Gasteiger partial charge in [0.25, 0.3) is 5.91 Å². The van der Waals surface area contributed by atoms with Crippen LogP contribution < -0.4 is 21.1 Å². The minimum Gasteiger partial charge on any atom is -0.484 e. The van der Waals surface area contributed by atoms with E-state index in [9.17, 15) is 9.59 Å². The molecule has 2 amide bonds. The van der Waals surface area contributed by atoms with Crippen molar-refractivity contribution in [3.05, 3.63) is 24.3 Å². The molecule has 0 atom stereocenters. The van der Waals surface area contributed by atoms with Crippen molar-refractivity contribution < 1.29 is 14.3 Å². The summed E-state index contributed by atoms with van der Waals surface area (Å²) in [6.07, 6.45) is 5.69. The van der Waals surface area contributed by atoms with Crippen molar-refractivity contribution in [2.24, 2.45) is 11.7 Å². The maximum Gasteiger partial charge on any atom is 0.258 e. The number of nitrogens with two attached hydrogens (primary N) is 1. The van der Waals surface area contributed by atoms with Gasteiger partial charge in [-0.2, -0.15) is 0 Å². The lowest BCUT2D eigenvalue weighted by Gasteiger charge is -2.26. The lowest BCUT2D eigenvalue weighted by molar-refractivity contribution is -0.124. The highest BCUT2D eigenvalue weighted by molar-refractivity contribution is 5.94. The summed E-state index contributed by atoms with van der Waals surface area (Å²) < 4.78 is 5.54. The summed E-state index contributed by atoms with van der Waals surface area (Å²) in [4.78, 5) is 23.8. The number of amides is 2. The van der Waals surface area contributed by atoms with E-state index in [0.717, 1.165) is 38.5 Å². The van der Waals surface area contributed by atoms with E-state index in [0.29, 0.717) is 11.4 Å². The summed E-state index contributed by atoms with van der Waals surface area (Å²) in [7, 11) is 0. The summed E-state index contributed by atoms with van der Waals surface area (Å²) in [6.45, 7) is -0.0252. The van der Waals surface area contributed by atoms with Crippen LogP contribution in [0.2, 0.25) is 0 Å². The van der Waals surface area contributed by atoms with Crippen LogP contribution in [0, 0.1) is 5.92 Å². The molecule has 6 nitrogen and oxygen atoms in total. The highest BCUT2D eigenvalue weighted by Crippen LogP contribution is 2.30. The van der Waals surface area contributed by atoms with E-state index in [1.807, 2.05) is 6.07 Å². The Labute approximate surface area is 142 Å². The van der Waals surface area contributed by atoms with Crippen LogP contribution in [0.5, 0.6) is 5.75 Å². The van der Waals surface area contributed by atoms with Crippen molar-refractivity contribution >= 4 is 17.5 Å². The molecule has 0 spiro atoms. The van der Waals surface area contributed by atoms with Gasteiger partial charge in [0.1, 0.15) is 5.75 Å². The van der Waals surface area contributed by atoms with Crippen LogP contribution in [-0.2, 0) is 9.59 Å². The Balaban J connectivity index is 1.43. The van der Waals surface area contributed by atoms with Gasteiger partial charge in [0, 0.05) is 29.8 Å². The van der Waals surface area contributed by atoms with Crippen LogP contribution in [0.4, 0.5) is 5.69 Å². The van der Waals surface area contributed by atoms with Crippen molar-refractivity contribution in [2.75, 3.05) is 11.9 Å². The second kappa shape index (κ2) is 7.66. The Bertz CT molecular complexity index is 593. The first-order chi connectivity index (χ1) is 11.6. The number of ether oxygens (including phenoxy) is 1. The van der Waals surface area contributed by atoms with Crippen molar-refractivity contribution in [1.29, 1.82) is 0 Å². The summed E-state index contributed by atoms with van der Waals surface area (Å²) in [5, 5.41) is 5.86. The monoisotopic (exact) mass is 331 g/mol. The predicted octanol–water partition coefficient (Wildman–Crippen LogP) is 1.80. The molecule has 3 rings (SSSR count). The summed E-state index contributed by atoms with van der Waals surface area (Å²) in [5.41, 5.74) is 6.57. The fourth-order valence-corrected chi connectivity index (χ4v) is 2.94. The molecular formula is C18H25N3O3. The second-order valence-corrected chi connectivity index (χ2v) is 6.76. The Kier molecular flexibility index (Phi) is 5.35. The molecule has 0 bridgehead atoms. The maximum atomic E-state index is 12.0. The normalized spacial score (nSPS) is 23.4. The van der Waals surface area contributed by atoms with Gasteiger partial charge < -0.3 is 21.1 Å². The van der Waals surface area contributed by atoms with E-state index in [1.54, 1.807) is 18.2 Å². The zero-order valence-corrected chi connectivity index (χ0v) is 13.8. The fourth-order valence-electron chi connectivity index (χ4n) is 2.94. The largest absolute Gasteiger partial charge is 0.484 e. The molecule has 130 valence electrons. The number of anilines is 1. The van der Waals surface area contributed by atoms with Crippen molar-refractivity contribution in [3.8, 4) is 5.75 Å². The molecule has 2 aliphatic rings. The standard InChI is InChI=1S/C18H25N3O3/c19-13-6-8-14(9-7-13)20-17(22)11-24-16-3-1-2-15(10-16)21-18(23)12-4-5-12/h1-3,10,12-14H,4-9,11,19H2,(H,20,22)(H,21,23). The second-order valence-electron chi connectivity index (χ2n) is 6.76. The molecule has 1 aromatic carbocycles. The molecule has 1 aromatic rings. The third-order valence-corrected chi connectivity index (χ3v) is 4.56. The first kappa shape index (κ1) is 16.8. The summed E-state index contributed by atoms with van der Waals surface area (Å²) in [5.74, 6) is 0.664. The van der Waals surface area contributed by atoms with E-state index in [2.05, 4.69) is 10.6 Å². The Morgan fingerprint density at radius 2 is 1.88 bits per heavy atom. The Morgan fingerprint density at radius 3 is 2.58 bits per heavy atom. The van der Waals surface area contributed by atoms with Gasteiger partial charge in [-0.05, 0) is 50.7 Å². The summed E-state index contributed by atoms with van der Waals surface area (Å²) in [6, 6.07) is 7.61. The van der Waals surface area contributed by atoms with Crippen LogP contribution in [0.25, 0.3) is 0 Å². The van der Waals surface area contributed by atoms with Gasteiger partial charge in [-0.3, -0.25) is 9.59 Å². The van der Waals surface area contributed by atoms with Gasteiger partial charge in [-0.15, -0.1) is 0 Å². The van der Waals surface area contributed by atoms with Gasteiger partial charge in [0.2, 0.25) is 5.91 Å². The molecule has 0 aromatic heterocycles. The van der Waals surface area contributed by atoms with Crippen molar-refractivity contribution in [1.82, 2.24) is 5.32 Å². The van der Waals surface area contributed by atoms with Crippen LogP contribution in [-0.4, -0.2) is 30.5 Å². The smallest absolute Gasteiger partial charge is 0.258 e. The molecule has 2 fully saturated rings. The van der Waals surface area contributed by atoms with Gasteiger partial charge in [-0.1, -0.05) is 6.07 Å². The molecule has 0 heterocycles. The zero-order valence-electron chi connectivity index (χ0n) is 13.8. The molecular weight excluding hydrogens is 306 g/mol. The van der Waals surface area contributed by atoms with Crippen LogP contribution in [0.3, 0.4) is 0 Å². The minimum absolute atomic E-state index is 0.0252. The average Bonchev–Trinajstić information content (AvgIpc) is 3.41. The number of hydrogen-bond donors (Lipinski definition) is 3. The van der Waals surface area contributed by atoms with Gasteiger partial charge in [-0.25, -0.2) is 0 Å². The number of hydrogen-bond acceptors (Lipinski definition) is 4. The first-order valence-corrected chi connectivity index (χ1v) is 8.69. The lowest BCUT2D eigenvalue weighted by atomic mass is 9.92. The van der Waals surface area contributed by atoms with Gasteiger partial charge in [0.05, 0.1) is 0 Å².